The summed E-state index contributed by atoms with van der Waals surface area (Å²) in [5.74, 6) is 0. The second-order valence-electron chi connectivity index (χ2n) is 5.69. The molecule has 1 rings (SSSR count). The molecule has 0 aliphatic heterocycles. The van der Waals surface area contributed by atoms with Gasteiger partial charge in [0, 0.05) is 0 Å². The molecule has 0 saturated carbocycles. The maximum Gasteiger partial charge on any atom is 0.0714 e. The van der Waals surface area contributed by atoms with Gasteiger partial charge in [0.1, 0.15) is 0 Å². The van der Waals surface area contributed by atoms with Crippen molar-refractivity contribution >= 4 is 0 Å². The monoisotopic (exact) mass is 244 g/mol. The van der Waals surface area contributed by atoms with Gasteiger partial charge in [-0.2, -0.15) is 5.26 Å². The second kappa shape index (κ2) is 6.02. The molecule has 1 atom stereocenters. The summed E-state index contributed by atoms with van der Waals surface area (Å²) in [4.78, 5) is 2.12. The molecule has 0 bridgehead atoms. The molecule has 98 valence electrons. The fraction of sp³-hybridized carbons (Fsp3) is 0.562. The smallest absolute Gasteiger partial charge is 0.0714 e. The van der Waals surface area contributed by atoms with Gasteiger partial charge in [0.15, 0.2) is 0 Å². The summed E-state index contributed by atoms with van der Waals surface area (Å²) in [5, 5.41) is 9.34. The van der Waals surface area contributed by atoms with Crippen LogP contribution >= 0.6 is 0 Å². The lowest BCUT2D eigenvalue weighted by atomic mass is 9.81. The van der Waals surface area contributed by atoms with Crippen LogP contribution in [0.1, 0.15) is 44.4 Å². The van der Waals surface area contributed by atoms with Crippen molar-refractivity contribution in [2.24, 2.45) is 5.41 Å². The first kappa shape index (κ1) is 14.7. The molecule has 2 heteroatoms. The Labute approximate surface area is 111 Å². The van der Waals surface area contributed by atoms with E-state index in [0.29, 0.717) is 0 Å². The molecule has 0 spiro atoms. The van der Waals surface area contributed by atoms with Crippen LogP contribution in [0.2, 0.25) is 0 Å². The Morgan fingerprint density at radius 2 is 1.78 bits per heavy atom. The lowest BCUT2D eigenvalue weighted by Gasteiger charge is -2.34. The zero-order chi connectivity index (χ0) is 13.8. The van der Waals surface area contributed by atoms with Crippen LogP contribution in [0.4, 0.5) is 0 Å². The van der Waals surface area contributed by atoms with Gasteiger partial charge in [-0.15, -0.1) is 0 Å². The van der Waals surface area contributed by atoms with Crippen LogP contribution in [0.15, 0.2) is 24.3 Å². The molecule has 0 aliphatic carbocycles. The summed E-state index contributed by atoms with van der Waals surface area (Å²) in [6.07, 6.45) is 2.29. The van der Waals surface area contributed by atoms with E-state index < -0.39 is 5.41 Å². The number of aryl methyl sites for hydroxylation is 1. The molecule has 0 aromatic heterocycles. The average molecular weight is 244 g/mol. The Morgan fingerprint density at radius 3 is 2.17 bits per heavy atom. The molecule has 0 amide bonds. The van der Waals surface area contributed by atoms with Crippen molar-refractivity contribution in [3.05, 3.63) is 35.4 Å². The number of nitriles is 1. The quantitative estimate of drug-likeness (QED) is 0.788. The van der Waals surface area contributed by atoms with Gasteiger partial charge in [-0.3, -0.25) is 0 Å². The van der Waals surface area contributed by atoms with Crippen LogP contribution in [0.5, 0.6) is 0 Å². The third kappa shape index (κ3) is 3.34. The van der Waals surface area contributed by atoms with Crippen LogP contribution < -0.4 is 0 Å². The fourth-order valence-corrected chi connectivity index (χ4v) is 2.58. The van der Waals surface area contributed by atoms with Crippen molar-refractivity contribution in [2.75, 3.05) is 14.1 Å². The number of hydrogen-bond acceptors (Lipinski definition) is 2. The normalized spacial score (nSPS) is 13.4. The van der Waals surface area contributed by atoms with Gasteiger partial charge in [-0.25, -0.2) is 0 Å². The minimum atomic E-state index is -0.393. The highest BCUT2D eigenvalue weighted by molar-refractivity contribution is 5.28. The molecule has 0 saturated heterocycles. The van der Waals surface area contributed by atoms with Crippen LogP contribution in [0.3, 0.4) is 0 Å². The zero-order valence-electron chi connectivity index (χ0n) is 12.2. The summed E-state index contributed by atoms with van der Waals surface area (Å²) < 4.78 is 0. The predicted octanol–water partition coefficient (Wildman–Crippen LogP) is 3.79. The van der Waals surface area contributed by atoms with Crippen molar-refractivity contribution in [1.29, 1.82) is 5.26 Å². The molecule has 0 aliphatic rings. The summed E-state index contributed by atoms with van der Waals surface area (Å²) in [6.45, 7) is 6.19. The topological polar surface area (TPSA) is 27.0 Å². The van der Waals surface area contributed by atoms with Crippen molar-refractivity contribution in [1.82, 2.24) is 4.90 Å². The van der Waals surface area contributed by atoms with E-state index in [1.165, 1.54) is 17.5 Å². The second-order valence-corrected chi connectivity index (χ2v) is 5.69. The minimum absolute atomic E-state index is 0.123. The van der Waals surface area contributed by atoms with Crippen LogP contribution in [0.25, 0.3) is 0 Å². The largest absolute Gasteiger partial charge is 0.301 e. The molecule has 1 unspecified atom stereocenters. The van der Waals surface area contributed by atoms with Gasteiger partial charge in [0.25, 0.3) is 0 Å². The number of hydrogen-bond donors (Lipinski definition) is 0. The molecule has 0 radical (unpaired) electrons. The summed E-state index contributed by atoms with van der Waals surface area (Å²) >= 11 is 0. The number of benzene rings is 1. The van der Waals surface area contributed by atoms with Gasteiger partial charge in [-0.1, -0.05) is 37.6 Å². The van der Waals surface area contributed by atoms with Gasteiger partial charge >= 0.3 is 0 Å². The zero-order valence-corrected chi connectivity index (χ0v) is 12.2. The standard InChI is InChI=1S/C16H24N2/c1-6-7-13-8-10-14(11-9-13)15(18(4)5)16(2,3)12-17/h8-11,15H,6-7H2,1-5H3. The van der Waals surface area contributed by atoms with Crippen molar-refractivity contribution < 1.29 is 0 Å². The minimum Gasteiger partial charge on any atom is -0.301 e. The van der Waals surface area contributed by atoms with Crippen molar-refractivity contribution in [3.63, 3.8) is 0 Å². The van der Waals surface area contributed by atoms with Crippen LogP contribution in [-0.2, 0) is 6.42 Å². The van der Waals surface area contributed by atoms with Crippen LogP contribution in [-0.4, -0.2) is 19.0 Å². The van der Waals surface area contributed by atoms with Crippen LogP contribution in [0, 0.1) is 16.7 Å². The number of nitrogens with zero attached hydrogens (tertiary/aromatic N) is 2. The molecule has 1 aromatic carbocycles. The van der Waals surface area contributed by atoms with E-state index in [4.69, 9.17) is 0 Å². The maximum absolute atomic E-state index is 9.34. The number of rotatable bonds is 5. The molecule has 0 fully saturated rings. The first-order chi connectivity index (χ1) is 8.42. The van der Waals surface area contributed by atoms with E-state index in [1.54, 1.807) is 0 Å². The molecule has 2 nitrogen and oxygen atoms in total. The Bertz CT molecular complexity index is 410. The maximum atomic E-state index is 9.34. The summed E-state index contributed by atoms with van der Waals surface area (Å²) in [5.41, 5.74) is 2.19. The Kier molecular flexibility index (Phi) is 4.93. The van der Waals surface area contributed by atoms with E-state index >= 15 is 0 Å². The lowest BCUT2D eigenvalue weighted by Crippen LogP contribution is -2.32. The van der Waals surface area contributed by atoms with E-state index in [2.05, 4.69) is 42.2 Å². The lowest BCUT2D eigenvalue weighted by molar-refractivity contribution is 0.185. The van der Waals surface area contributed by atoms with E-state index in [0.717, 1.165) is 6.42 Å². The van der Waals surface area contributed by atoms with E-state index in [9.17, 15) is 5.26 Å². The molecular formula is C16H24N2. The van der Waals surface area contributed by atoms with Crippen molar-refractivity contribution in [3.8, 4) is 6.07 Å². The summed E-state index contributed by atoms with van der Waals surface area (Å²) in [7, 11) is 4.06. The Hall–Kier alpha value is -1.33. The highest BCUT2D eigenvalue weighted by Gasteiger charge is 2.32. The highest BCUT2D eigenvalue weighted by Crippen LogP contribution is 2.36. The molecule has 0 N–H and O–H groups in total. The molecular weight excluding hydrogens is 220 g/mol. The fourth-order valence-electron chi connectivity index (χ4n) is 2.58. The van der Waals surface area contributed by atoms with Gasteiger partial charge in [0.05, 0.1) is 17.5 Å². The molecule has 18 heavy (non-hydrogen) atoms. The highest BCUT2D eigenvalue weighted by atomic mass is 15.1. The first-order valence-electron chi connectivity index (χ1n) is 6.59. The van der Waals surface area contributed by atoms with Gasteiger partial charge in [-0.05, 0) is 45.5 Å². The predicted molar refractivity (Wildman–Crippen MR) is 76.3 cm³/mol. The SMILES string of the molecule is CCCc1ccc(C(N(C)C)C(C)(C)C#N)cc1. The molecule has 0 heterocycles. The van der Waals surface area contributed by atoms with E-state index in [-0.39, 0.29) is 6.04 Å². The van der Waals surface area contributed by atoms with Gasteiger partial charge in [0.2, 0.25) is 0 Å². The first-order valence-corrected chi connectivity index (χ1v) is 6.59. The van der Waals surface area contributed by atoms with E-state index in [1.807, 2.05) is 27.9 Å². The third-order valence-corrected chi connectivity index (χ3v) is 3.32. The van der Waals surface area contributed by atoms with Gasteiger partial charge < -0.3 is 4.90 Å². The van der Waals surface area contributed by atoms with Crippen molar-refractivity contribution in [2.45, 2.75) is 39.7 Å². The Morgan fingerprint density at radius 1 is 1.22 bits per heavy atom. The molecule has 1 aromatic rings. The summed E-state index contributed by atoms with van der Waals surface area (Å²) in [6, 6.07) is 11.2. The average Bonchev–Trinajstić information content (AvgIpc) is 2.31. The third-order valence-electron chi connectivity index (χ3n) is 3.32. The Balaban J connectivity index is 3.05.